The minimum atomic E-state index is -0.0862. The third-order valence-corrected chi connectivity index (χ3v) is 6.46. The summed E-state index contributed by atoms with van der Waals surface area (Å²) in [6, 6.07) is 12.9. The van der Waals surface area contributed by atoms with Crippen LogP contribution in [0.25, 0.3) is 0 Å². The SMILES string of the molecule is CC(C)c1ccc([C@@H]2C3=C(CC(C)(C)CC3=O)Nc3cc4c(cc32)OCCO4)cc1. The Morgan fingerprint density at radius 3 is 2.33 bits per heavy atom. The van der Waals surface area contributed by atoms with Gasteiger partial charge in [0.2, 0.25) is 0 Å². The summed E-state index contributed by atoms with van der Waals surface area (Å²) < 4.78 is 11.7. The summed E-state index contributed by atoms with van der Waals surface area (Å²) in [7, 11) is 0. The number of benzene rings is 2. The quantitative estimate of drug-likeness (QED) is 0.690. The van der Waals surface area contributed by atoms with Gasteiger partial charge in [0.05, 0.1) is 0 Å². The lowest BCUT2D eigenvalue weighted by Gasteiger charge is -2.40. The molecule has 2 aromatic carbocycles. The van der Waals surface area contributed by atoms with E-state index in [2.05, 4.69) is 63.3 Å². The minimum Gasteiger partial charge on any atom is -0.486 e. The number of carbonyl (C=O) groups excluding carboxylic acids is 1. The molecule has 0 saturated carbocycles. The van der Waals surface area contributed by atoms with Crippen molar-refractivity contribution in [2.45, 2.75) is 52.4 Å². The topological polar surface area (TPSA) is 47.6 Å². The number of hydrogen-bond acceptors (Lipinski definition) is 4. The standard InChI is InChI=1S/C26H29NO3/c1-15(2)16-5-7-17(8-6-16)24-18-11-22-23(30-10-9-29-22)12-19(18)27-20-13-26(3,4)14-21(28)25(20)24/h5-8,11-12,15,24,27H,9-10,13-14H2,1-4H3/t24-/m0/s1. The molecule has 0 saturated heterocycles. The fraction of sp³-hybridized carbons (Fsp3) is 0.423. The normalized spacial score (nSPS) is 21.8. The molecule has 5 rings (SSSR count). The summed E-state index contributed by atoms with van der Waals surface area (Å²) in [6.45, 7) is 9.85. The second-order valence-electron chi connectivity index (χ2n) is 9.80. The Bertz CT molecular complexity index is 1050. The van der Waals surface area contributed by atoms with E-state index in [-0.39, 0.29) is 17.1 Å². The molecule has 3 aliphatic rings. The predicted molar refractivity (Wildman–Crippen MR) is 118 cm³/mol. The molecule has 2 heterocycles. The number of Topliss-reactive ketones (excluding diaryl/α,β-unsaturated/α-hetero) is 1. The molecule has 1 atom stereocenters. The summed E-state index contributed by atoms with van der Waals surface area (Å²) >= 11 is 0. The summed E-state index contributed by atoms with van der Waals surface area (Å²) in [5.41, 5.74) is 6.49. The van der Waals surface area contributed by atoms with Gasteiger partial charge in [0.15, 0.2) is 17.3 Å². The number of fused-ring (bicyclic) bond motifs is 2. The summed E-state index contributed by atoms with van der Waals surface area (Å²) in [5, 5.41) is 3.59. The predicted octanol–water partition coefficient (Wildman–Crippen LogP) is 5.78. The molecule has 30 heavy (non-hydrogen) atoms. The lowest BCUT2D eigenvalue weighted by Crippen LogP contribution is -2.34. The van der Waals surface area contributed by atoms with Gasteiger partial charge >= 0.3 is 0 Å². The molecule has 2 aliphatic heterocycles. The van der Waals surface area contributed by atoms with E-state index >= 15 is 0 Å². The van der Waals surface area contributed by atoms with Crippen LogP contribution in [-0.4, -0.2) is 19.0 Å². The van der Waals surface area contributed by atoms with Crippen LogP contribution >= 0.6 is 0 Å². The van der Waals surface area contributed by atoms with Gasteiger partial charge in [-0.1, -0.05) is 52.0 Å². The van der Waals surface area contributed by atoms with Crippen molar-refractivity contribution in [1.29, 1.82) is 0 Å². The first-order valence-corrected chi connectivity index (χ1v) is 10.9. The van der Waals surface area contributed by atoms with Crippen LogP contribution in [0.5, 0.6) is 11.5 Å². The molecule has 156 valence electrons. The molecule has 2 aromatic rings. The first kappa shape index (κ1) is 19.2. The van der Waals surface area contributed by atoms with Crippen molar-refractivity contribution in [1.82, 2.24) is 0 Å². The van der Waals surface area contributed by atoms with Crippen LogP contribution in [0.2, 0.25) is 0 Å². The van der Waals surface area contributed by atoms with Crippen LogP contribution in [0.1, 0.15) is 69.1 Å². The number of nitrogens with one attached hydrogen (secondary N) is 1. The second kappa shape index (κ2) is 6.90. The van der Waals surface area contributed by atoms with E-state index in [9.17, 15) is 4.79 Å². The van der Waals surface area contributed by atoms with Gasteiger partial charge in [0, 0.05) is 35.4 Å². The van der Waals surface area contributed by atoms with Gasteiger partial charge < -0.3 is 14.8 Å². The van der Waals surface area contributed by atoms with Crippen molar-refractivity contribution in [2.75, 3.05) is 18.5 Å². The van der Waals surface area contributed by atoms with Crippen molar-refractivity contribution in [3.8, 4) is 11.5 Å². The van der Waals surface area contributed by atoms with E-state index in [1.807, 2.05) is 6.07 Å². The molecule has 0 fully saturated rings. The highest BCUT2D eigenvalue weighted by Crippen LogP contribution is 2.51. The molecule has 0 radical (unpaired) electrons. The van der Waals surface area contributed by atoms with Gasteiger partial charge in [0.1, 0.15) is 13.2 Å². The molecule has 1 N–H and O–H groups in total. The number of allylic oxidation sites excluding steroid dienone is 2. The number of rotatable bonds is 2. The maximum Gasteiger partial charge on any atom is 0.163 e. The van der Waals surface area contributed by atoms with Gasteiger partial charge in [-0.15, -0.1) is 0 Å². The molecule has 4 heteroatoms. The van der Waals surface area contributed by atoms with Crippen molar-refractivity contribution in [3.63, 3.8) is 0 Å². The lowest BCUT2D eigenvalue weighted by molar-refractivity contribution is -0.118. The highest BCUT2D eigenvalue weighted by atomic mass is 16.6. The van der Waals surface area contributed by atoms with Gasteiger partial charge in [-0.2, -0.15) is 0 Å². The van der Waals surface area contributed by atoms with Crippen LogP contribution in [0, 0.1) is 5.41 Å². The lowest BCUT2D eigenvalue weighted by atomic mass is 9.68. The third-order valence-electron chi connectivity index (χ3n) is 6.46. The third kappa shape index (κ3) is 3.19. The highest BCUT2D eigenvalue weighted by Gasteiger charge is 2.41. The monoisotopic (exact) mass is 403 g/mol. The van der Waals surface area contributed by atoms with Gasteiger partial charge in [-0.25, -0.2) is 0 Å². The van der Waals surface area contributed by atoms with Crippen LogP contribution in [0.3, 0.4) is 0 Å². The molecule has 0 bridgehead atoms. The van der Waals surface area contributed by atoms with E-state index in [1.54, 1.807) is 0 Å². The fourth-order valence-corrected chi connectivity index (χ4v) is 4.97. The van der Waals surface area contributed by atoms with Crippen LogP contribution in [0.15, 0.2) is 47.7 Å². The van der Waals surface area contributed by atoms with E-state index in [1.165, 1.54) is 5.56 Å². The zero-order valence-electron chi connectivity index (χ0n) is 18.2. The molecule has 0 spiro atoms. The first-order valence-electron chi connectivity index (χ1n) is 10.9. The Morgan fingerprint density at radius 1 is 1.00 bits per heavy atom. The summed E-state index contributed by atoms with van der Waals surface area (Å²) in [6.07, 6.45) is 1.44. The zero-order chi connectivity index (χ0) is 21.0. The summed E-state index contributed by atoms with van der Waals surface area (Å²) in [5.74, 6) is 2.16. The van der Waals surface area contributed by atoms with Crippen LogP contribution in [0.4, 0.5) is 5.69 Å². The van der Waals surface area contributed by atoms with Gasteiger partial charge in [0.25, 0.3) is 0 Å². The van der Waals surface area contributed by atoms with Gasteiger partial charge in [-0.3, -0.25) is 4.79 Å². The van der Waals surface area contributed by atoms with Crippen molar-refractivity contribution in [3.05, 3.63) is 64.4 Å². The molecular formula is C26H29NO3. The van der Waals surface area contributed by atoms with Gasteiger partial charge in [-0.05, 0) is 40.5 Å². The van der Waals surface area contributed by atoms with E-state index in [0.29, 0.717) is 25.6 Å². The molecule has 4 nitrogen and oxygen atoms in total. The van der Waals surface area contributed by atoms with Crippen LogP contribution < -0.4 is 14.8 Å². The average Bonchev–Trinajstić information content (AvgIpc) is 2.70. The van der Waals surface area contributed by atoms with E-state index in [0.717, 1.165) is 46.0 Å². The second-order valence-corrected chi connectivity index (χ2v) is 9.80. The number of carbonyl (C=O) groups is 1. The Morgan fingerprint density at radius 2 is 1.67 bits per heavy atom. The number of anilines is 1. The Hall–Kier alpha value is -2.75. The number of ketones is 1. The summed E-state index contributed by atoms with van der Waals surface area (Å²) in [4.78, 5) is 13.3. The van der Waals surface area contributed by atoms with Crippen LogP contribution in [-0.2, 0) is 4.79 Å². The van der Waals surface area contributed by atoms with E-state index in [4.69, 9.17) is 9.47 Å². The maximum absolute atomic E-state index is 13.3. The Kier molecular flexibility index (Phi) is 4.42. The number of ether oxygens (including phenoxy) is 2. The molecule has 0 unspecified atom stereocenters. The maximum atomic E-state index is 13.3. The molecule has 0 amide bonds. The average molecular weight is 404 g/mol. The van der Waals surface area contributed by atoms with Crippen molar-refractivity contribution in [2.24, 2.45) is 5.41 Å². The molecular weight excluding hydrogens is 374 g/mol. The minimum absolute atomic E-state index is 0.0414. The largest absolute Gasteiger partial charge is 0.486 e. The number of hydrogen-bond donors (Lipinski definition) is 1. The Balaban J connectivity index is 1.68. The highest BCUT2D eigenvalue weighted by molar-refractivity contribution is 6.01. The smallest absolute Gasteiger partial charge is 0.163 e. The molecule has 1 aliphatic carbocycles. The molecule has 0 aromatic heterocycles. The van der Waals surface area contributed by atoms with Crippen molar-refractivity contribution >= 4 is 11.5 Å². The fourth-order valence-electron chi connectivity index (χ4n) is 4.97. The first-order chi connectivity index (χ1) is 14.3. The Labute approximate surface area is 178 Å². The van der Waals surface area contributed by atoms with E-state index < -0.39 is 0 Å². The zero-order valence-corrected chi connectivity index (χ0v) is 18.2. The van der Waals surface area contributed by atoms with Crippen molar-refractivity contribution < 1.29 is 14.3 Å².